The molecule has 134 valence electrons. The Labute approximate surface area is 159 Å². The zero-order valence-corrected chi connectivity index (χ0v) is 15.7. The minimum absolute atomic E-state index is 0.0712. The molecule has 1 aromatic heterocycles. The quantitative estimate of drug-likeness (QED) is 0.807. The molecule has 1 N–H and O–H groups in total. The number of rotatable bonds is 4. The van der Waals surface area contributed by atoms with Gasteiger partial charge in [0.15, 0.2) is 17.1 Å². The van der Waals surface area contributed by atoms with E-state index in [9.17, 15) is 9.59 Å². The molecule has 0 saturated heterocycles. The molecular formula is C17H15Cl2N4O3+. The number of amides is 1. The summed E-state index contributed by atoms with van der Waals surface area (Å²) in [7, 11) is 3.16. The highest BCUT2D eigenvalue weighted by Gasteiger charge is 2.46. The van der Waals surface area contributed by atoms with Crippen LogP contribution in [0.1, 0.15) is 17.3 Å². The third-order valence-corrected chi connectivity index (χ3v) is 4.61. The van der Waals surface area contributed by atoms with E-state index in [0.717, 1.165) is 0 Å². The topological polar surface area (TPSA) is 80.6 Å². The van der Waals surface area contributed by atoms with E-state index in [1.54, 1.807) is 25.2 Å². The fourth-order valence-corrected chi connectivity index (χ4v) is 3.40. The van der Waals surface area contributed by atoms with Gasteiger partial charge in [-0.1, -0.05) is 29.3 Å². The van der Waals surface area contributed by atoms with E-state index in [0.29, 0.717) is 17.1 Å². The average molecular weight is 394 g/mol. The van der Waals surface area contributed by atoms with E-state index in [-0.39, 0.29) is 31.8 Å². The number of nitrogens with zero attached hydrogens (tertiary/aromatic N) is 3. The predicted octanol–water partition coefficient (Wildman–Crippen LogP) is 3.31. The van der Waals surface area contributed by atoms with Crippen LogP contribution in [0.25, 0.3) is 0 Å². The van der Waals surface area contributed by atoms with Gasteiger partial charge in [0.1, 0.15) is 7.05 Å². The molecule has 0 saturated carbocycles. The number of fused-ring (bicyclic) bond motifs is 1. The Balaban J connectivity index is 2.10. The van der Waals surface area contributed by atoms with Gasteiger partial charge in [0.05, 0.1) is 22.7 Å². The van der Waals surface area contributed by atoms with Gasteiger partial charge >= 0.3 is 5.84 Å². The fraction of sp³-hybridized carbons (Fsp3) is 0.176. The summed E-state index contributed by atoms with van der Waals surface area (Å²) in [5.41, 5.74) is 3.93. The zero-order valence-electron chi connectivity index (χ0n) is 14.2. The van der Waals surface area contributed by atoms with Gasteiger partial charge in [-0.3, -0.25) is 14.6 Å². The fourth-order valence-electron chi connectivity index (χ4n) is 2.86. The molecule has 2 aromatic rings. The Morgan fingerprint density at radius 1 is 1.19 bits per heavy atom. The third kappa shape index (κ3) is 2.84. The highest BCUT2D eigenvalue weighted by Crippen LogP contribution is 2.44. The van der Waals surface area contributed by atoms with Crippen LogP contribution in [0.4, 0.5) is 11.4 Å². The van der Waals surface area contributed by atoms with Gasteiger partial charge in [0, 0.05) is 25.4 Å². The Hall–Kier alpha value is -2.48. The van der Waals surface area contributed by atoms with Crippen LogP contribution in [0.3, 0.4) is 0 Å². The molecule has 0 bridgehead atoms. The van der Waals surface area contributed by atoms with Crippen molar-refractivity contribution in [1.82, 2.24) is 15.0 Å². The summed E-state index contributed by atoms with van der Waals surface area (Å²) in [6, 6.07) is 5.24. The summed E-state index contributed by atoms with van der Waals surface area (Å²) < 4.78 is 4.98. The first-order valence-corrected chi connectivity index (χ1v) is 8.31. The van der Waals surface area contributed by atoms with Crippen LogP contribution in [0.15, 0.2) is 35.6 Å². The van der Waals surface area contributed by atoms with Gasteiger partial charge in [-0.2, -0.15) is 10.4 Å². The Bertz CT molecular complexity index is 941. The number of Topliss-reactive ketones (excluding diaryl/α,β-unsaturated/α-hetero) is 1. The lowest BCUT2D eigenvalue weighted by molar-refractivity contribution is -0.111. The van der Waals surface area contributed by atoms with E-state index >= 15 is 0 Å². The van der Waals surface area contributed by atoms with Crippen LogP contribution in [-0.2, 0) is 4.79 Å². The molecule has 0 spiro atoms. The number of hydrogen-bond acceptors (Lipinski definition) is 5. The summed E-state index contributed by atoms with van der Waals surface area (Å²) in [6.45, 7) is 1.38. The van der Waals surface area contributed by atoms with Gasteiger partial charge in [-0.05, 0) is 6.07 Å². The largest absolute Gasteiger partial charge is 0.494 e. The minimum Gasteiger partial charge on any atom is -0.494 e. The van der Waals surface area contributed by atoms with Crippen molar-refractivity contribution in [1.29, 1.82) is 0 Å². The van der Waals surface area contributed by atoms with Crippen LogP contribution in [-0.4, -0.2) is 36.7 Å². The Morgan fingerprint density at radius 2 is 1.85 bits per heavy atom. The number of methoxy groups -OCH3 is 1. The van der Waals surface area contributed by atoms with Crippen molar-refractivity contribution in [2.75, 3.05) is 14.2 Å². The molecule has 1 aromatic carbocycles. The maximum atomic E-state index is 12.9. The molecule has 1 aliphatic rings. The molecule has 1 unspecified atom stereocenters. The Kier molecular flexibility index (Phi) is 4.70. The number of halogens is 2. The molecule has 1 aliphatic heterocycles. The standard InChI is InChI=1S/C17H14Cl2N4O3/c1-9(24)16-21-15-12(5-4-6-13(15)26-3)23(16,2)22-17(25)14-10(18)7-20-8-11(14)19/h4-8H,1-3H3/p+1. The molecule has 3 rings (SSSR count). The van der Waals surface area contributed by atoms with Crippen LogP contribution >= 0.6 is 23.2 Å². The maximum Gasteiger partial charge on any atom is 0.302 e. The lowest BCUT2D eigenvalue weighted by Crippen LogP contribution is -2.63. The average Bonchev–Trinajstić information content (AvgIpc) is 2.87. The molecule has 9 heteroatoms. The summed E-state index contributed by atoms with van der Waals surface area (Å²) in [5, 5.41) is 0.209. The molecule has 26 heavy (non-hydrogen) atoms. The summed E-state index contributed by atoms with van der Waals surface area (Å²) in [5.74, 6) is -0.219. The third-order valence-electron chi connectivity index (χ3n) is 4.04. The molecule has 7 nitrogen and oxygen atoms in total. The van der Waals surface area contributed by atoms with Gasteiger partial charge in [0.25, 0.3) is 5.91 Å². The zero-order chi connectivity index (χ0) is 19.1. The molecular weight excluding hydrogens is 379 g/mol. The van der Waals surface area contributed by atoms with E-state index in [1.165, 1.54) is 26.4 Å². The molecule has 1 amide bonds. The molecule has 0 aliphatic carbocycles. The highest BCUT2D eigenvalue weighted by atomic mass is 35.5. The van der Waals surface area contributed by atoms with Crippen molar-refractivity contribution in [2.45, 2.75) is 6.92 Å². The first kappa shape index (κ1) is 18.3. The lowest BCUT2D eigenvalue weighted by atomic mass is 10.2. The van der Waals surface area contributed by atoms with Gasteiger partial charge in [0.2, 0.25) is 5.78 Å². The number of carbonyl (C=O) groups excluding carboxylic acids is 2. The number of ether oxygens (including phenoxy) is 1. The van der Waals surface area contributed by atoms with Crippen molar-refractivity contribution in [3.8, 4) is 5.75 Å². The Morgan fingerprint density at radius 3 is 2.42 bits per heavy atom. The number of aromatic nitrogens is 1. The van der Waals surface area contributed by atoms with E-state index in [2.05, 4.69) is 15.4 Å². The number of benzene rings is 1. The van der Waals surface area contributed by atoms with Crippen LogP contribution in [0, 0.1) is 0 Å². The van der Waals surface area contributed by atoms with E-state index in [1.807, 2.05) is 0 Å². The number of amidine groups is 1. The number of hydrogen-bond donors (Lipinski definition) is 1. The second-order valence-electron chi connectivity index (χ2n) is 5.74. The lowest BCUT2D eigenvalue weighted by Gasteiger charge is -2.28. The van der Waals surface area contributed by atoms with Crippen molar-refractivity contribution >= 4 is 52.1 Å². The molecule has 0 fully saturated rings. The number of nitrogens with one attached hydrogen (secondary N) is 1. The van der Waals surface area contributed by atoms with Crippen LogP contribution in [0.2, 0.25) is 10.0 Å². The van der Waals surface area contributed by atoms with Gasteiger partial charge in [-0.25, -0.2) is 0 Å². The monoisotopic (exact) mass is 393 g/mol. The molecule has 0 radical (unpaired) electrons. The van der Waals surface area contributed by atoms with E-state index < -0.39 is 5.91 Å². The number of aliphatic imine (C=N–C) groups is 1. The number of para-hydroxylation sites is 1. The van der Waals surface area contributed by atoms with Crippen molar-refractivity contribution in [3.05, 3.63) is 46.2 Å². The SMILES string of the molecule is COc1cccc2c1N=C(C(C)=O)[N+]2(C)NC(=O)c1c(Cl)cncc1Cl. The number of likely N-dealkylation sites (N-methyl/N-ethyl adjacent to an activating group) is 1. The van der Waals surface area contributed by atoms with Crippen molar-refractivity contribution < 1.29 is 14.3 Å². The number of ketones is 1. The summed E-state index contributed by atoms with van der Waals surface area (Å²) in [4.78, 5) is 33.3. The summed E-state index contributed by atoms with van der Waals surface area (Å²) >= 11 is 12.1. The van der Waals surface area contributed by atoms with E-state index in [4.69, 9.17) is 27.9 Å². The highest BCUT2D eigenvalue weighted by molar-refractivity contribution is 6.44. The smallest absolute Gasteiger partial charge is 0.302 e. The van der Waals surface area contributed by atoms with Crippen LogP contribution < -0.4 is 14.8 Å². The molecule has 1 atom stereocenters. The van der Waals surface area contributed by atoms with Gasteiger partial charge < -0.3 is 4.74 Å². The van der Waals surface area contributed by atoms with Crippen molar-refractivity contribution in [2.24, 2.45) is 4.99 Å². The summed E-state index contributed by atoms with van der Waals surface area (Å²) in [6.07, 6.45) is 2.65. The molecule has 2 heterocycles. The second-order valence-corrected chi connectivity index (χ2v) is 6.56. The maximum absolute atomic E-state index is 12.9. The first-order chi connectivity index (χ1) is 12.3. The minimum atomic E-state index is -0.561. The van der Waals surface area contributed by atoms with Gasteiger partial charge in [-0.15, -0.1) is 4.59 Å². The second kappa shape index (κ2) is 6.68. The normalized spacial score (nSPS) is 18.1. The van der Waals surface area contributed by atoms with Crippen LogP contribution in [0.5, 0.6) is 5.75 Å². The number of pyridine rings is 1. The predicted molar refractivity (Wildman–Crippen MR) is 100 cm³/mol. The number of carbonyl (C=O) groups is 2. The number of quaternary nitrogens is 1. The first-order valence-electron chi connectivity index (χ1n) is 7.55. The van der Waals surface area contributed by atoms with Crippen molar-refractivity contribution in [3.63, 3.8) is 0 Å².